The predicted molar refractivity (Wildman–Crippen MR) is 131 cm³/mol. The third-order valence-electron chi connectivity index (χ3n) is 4.97. The van der Waals surface area contributed by atoms with Crippen LogP contribution in [0, 0.1) is 6.92 Å². The maximum Gasteiger partial charge on any atom is 0.337 e. The number of hydrogen-bond donors (Lipinski definition) is 6. The van der Waals surface area contributed by atoms with Gasteiger partial charge in [-0.25, -0.2) is 14.4 Å². The molecule has 0 atom stereocenters. The average molecular weight is 542 g/mol. The number of rotatable bonds is 8. The van der Waals surface area contributed by atoms with Crippen LogP contribution in [0.1, 0.15) is 42.2 Å². The second-order valence-electron chi connectivity index (χ2n) is 7.58. The SMILES string of the molecule is Cc1cc(S(=O)(=O)O)cc(NN=C(N=Nc2cc(C(=O)O)ccc2C(=O)O)c2ccc(C(=O)O)cc2)c1O. The van der Waals surface area contributed by atoms with E-state index in [1.54, 1.807) is 0 Å². The van der Waals surface area contributed by atoms with E-state index in [9.17, 15) is 42.7 Å². The first-order valence-corrected chi connectivity index (χ1v) is 11.7. The van der Waals surface area contributed by atoms with E-state index in [4.69, 9.17) is 5.11 Å². The van der Waals surface area contributed by atoms with Gasteiger partial charge in [0.15, 0.2) is 0 Å². The molecule has 0 saturated heterocycles. The number of amidine groups is 1. The normalized spacial score (nSPS) is 11.9. The minimum atomic E-state index is -4.64. The number of nitrogens with one attached hydrogen (secondary N) is 1. The van der Waals surface area contributed by atoms with Crippen LogP contribution in [0.4, 0.5) is 11.4 Å². The second-order valence-corrected chi connectivity index (χ2v) is 9.00. The highest BCUT2D eigenvalue weighted by Gasteiger charge is 2.17. The van der Waals surface area contributed by atoms with E-state index in [0.29, 0.717) is 0 Å². The summed E-state index contributed by atoms with van der Waals surface area (Å²) in [5.74, 6) is -4.69. The molecule has 0 saturated carbocycles. The van der Waals surface area contributed by atoms with Crippen LogP contribution >= 0.6 is 0 Å². The maximum atomic E-state index is 11.6. The standard InChI is InChI=1S/C23H18N4O10S/c1-11-8-15(38(35,36)37)10-18(19(11)28)25-27-20(12-2-4-13(5-3-12)21(29)30)26-24-17-9-14(22(31)32)6-7-16(17)23(33)34/h2-10,25,28H,1H3,(H,29,30)(H,31,32)(H,33,34)(H,35,36,37). The Bertz CT molecular complexity index is 1610. The lowest BCUT2D eigenvalue weighted by molar-refractivity contribution is 0.0682. The van der Waals surface area contributed by atoms with Gasteiger partial charge in [-0.2, -0.15) is 13.5 Å². The van der Waals surface area contributed by atoms with Crippen LogP contribution in [0.3, 0.4) is 0 Å². The van der Waals surface area contributed by atoms with Gasteiger partial charge >= 0.3 is 17.9 Å². The Kier molecular flexibility index (Phi) is 7.84. The van der Waals surface area contributed by atoms with Crippen molar-refractivity contribution in [3.05, 3.63) is 82.4 Å². The Morgan fingerprint density at radius 1 is 0.816 bits per heavy atom. The van der Waals surface area contributed by atoms with Gasteiger partial charge in [-0.15, -0.1) is 10.2 Å². The van der Waals surface area contributed by atoms with Crippen molar-refractivity contribution in [1.82, 2.24) is 0 Å². The Morgan fingerprint density at radius 3 is 1.95 bits per heavy atom. The molecule has 0 bridgehead atoms. The highest BCUT2D eigenvalue weighted by molar-refractivity contribution is 7.85. The molecule has 196 valence electrons. The van der Waals surface area contributed by atoms with Crippen molar-refractivity contribution in [2.75, 3.05) is 5.43 Å². The quantitative estimate of drug-likeness (QED) is 0.0600. The molecule has 0 amide bonds. The molecule has 3 rings (SSSR count). The van der Waals surface area contributed by atoms with Gasteiger partial charge in [-0.3, -0.25) is 9.98 Å². The predicted octanol–water partition coefficient (Wildman–Crippen LogP) is 3.60. The van der Waals surface area contributed by atoms with E-state index in [2.05, 4.69) is 20.8 Å². The number of carboxylic acids is 3. The number of aryl methyl sites for hydroxylation is 1. The Labute approximate surface area is 214 Å². The van der Waals surface area contributed by atoms with Crippen molar-refractivity contribution in [1.29, 1.82) is 0 Å². The average Bonchev–Trinajstić information content (AvgIpc) is 2.85. The molecule has 14 nitrogen and oxygen atoms in total. The fourth-order valence-corrected chi connectivity index (χ4v) is 3.62. The van der Waals surface area contributed by atoms with Gasteiger partial charge in [0.2, 0.25) is 5.84 Å². The van der Waals surface area contributed by atoms with Gasteiger partial charge in [0.05, 0.1) is 27.3 Å². The lowest BCUT2D eigenvalue weighted by Crippen LogP contribution is -2.05. The third-order valence-corrected chi connectivity index (χ3v) is 5.80. The fraction of sp³-hybridized carbons (Fsp3) is 0.0435. The van der Waals surface area contributed by atoms with Crippen molar-refractivity contribution in [2.24, 2.45) is 15.3 Å². The summed E-state index contributed by atoms with van der Waals surface area (Å²) in [4.78, 5) is 33.5. The van der Waals surface area contributed by atoms with Crippen LogP contribution in [-0.2, 0) is 10.1 Å². The van der Waals surface area contributed by atoms with Crippen molar-refractivity contribution in [2.45, 2.75) is 11.8 Å². The van der Waals surface area contributed by atoms with Crippen LogP contribution in [0.25, 0.3) is 0 Å². The van der Waals surface area contributed by atoms with Crippen molar-refractivity contribution >= 4 is 45.2 Å². The fourth-order valence-electron chi connectivity index (χ4n) is 3.03. The molecule has 38 heavy (non-hydrogen) atoms. The van der Waals surface area contributed by atoms with Crippen molar-refractivity contribution < 1.29 is 47.8 Å². The lowest BCUT2D eigenvalue weighted by Gasteiger charge is -2.10. The number of aromatic hydroxyl groups is 1. The molecule has 0 aliphatic heterocycles. The highest BCUT2D eigenvalue weighted by Crippen LogP contribution is 2.31. The first-order valence-electron chi connectivity index (χ1n) is 10.3. The number of carbonyl (C=O) groups is 3. The number of hydrazone groups is 1. The molecule has 0 heterocycles. The molecule has 3 aromatic carbocycles. The zero-order valence-corrected chi connectivity index (χ0v) is 20.0. The highest BCUT2D eigenvalue weighted by atomic mass is 32.2. The smallest absolute Gasteiger partial charge is 0.337 e. The zero-order chi connectivity index (χ0) is 28.2. The monoisotopic (exact) mass is 542 g/mol. The van der Waals surface area contributed by atoms with E-state index in [0.717, 1.165) is 30.3 Å². The number of hydrogen-bond acceptors (Lipinski definition) is 9. The van der Waals surface area contributed by atoms with Gasteiger partial charge < -0.3 is 20.4 Å². The molecule has 0 aliphatic rings. The van der Waals surface area contributed by atoms with E-state index < -0.39 is 38.7 Å². The van der Waals surface area contributed by atoms with Crippen molar-refractivity contribution in [3.63, 3.8) is 0 Å². The van der Waals surface area contributed by atoms with Crippen LogP contribution < -0.4 is 5.43 Å². The summed E-state index contributed by atoms with van der Waals surface area (Å²) in [5, 5.41) is 49.7. The largest absolute Gasteiger partial charge is 0.505 e. The number of azo groups is 1. The maximum absolute atomic E-state index is 11.6. The number of benzene rings is 3. The number of phenols is 1. The molecule has 0 fully saturated rings. The van der Waals surface area contributed by atoms with Crippen LogP contribution in [0.5, 0.6) is 5.75 Å². The molecule has 0 spiro atoms. The summed E-state index contributed by atoms with van der Waals surface area (Å²) in [6.45, 7) is 1.37. The molecule has 0 radical (unpaired) electrons. The number of phenolic OH excluding ortho intramolecular Hbond substituents is 1. The first kappa shape index (κ1) is 27.4. The van der Waals surface area contributed by atoms with Gasteiger partial charge in [-0.1, -0.05) is 12.1 Å². The summed E-state index contributed by atoms with van der Waals surface area (Å²) in [5.41, 5.74) is 1.30. The van der Waals surface area contributed by atoms with Crippen LogP contribution in [0.15, 0.2) is 74.8 Å². The summed E-state index contributed by atoms with van der Waals surface area (Å²) in [7, 11) is -4.64. The summed E-state index contributed by atoms with van der Waals surface area (Å²) >= 11 is 0. The van der Waals surface area contributed by atoms with Crippen molar-refractivity contribution in [3.8, 4) is 5.75 Å². The van der Waals surface area contributed by atoms with Crippen LogP contribution in [-0.4, -0.2) is 57.1 Å². The number of nitrogens with zero attached hydrogens (tertiary/aromatic N) is 3. The molecule has 0 aliphatic carbocycles. The molecule has 15 heteroatoms. The molecular formula is C23H18N4O10S. The topological polar surface area (TPSA) is 236 Å². The minimum absolute atomic E-state index is 0.0726. The molecular weight excluding hydrogens is 524 g/mol. The summed E-state index contributed by atoms with van der Waals surface area (Å²) in [6, 6.07) is 10.0. The lowest BCUT2D eigenvalue weighted by atomic mass is 10.1. The minimum Gasteiger partial charge on any atom is -0.505 e. The molecule has 0 unspecified atom stereocenters. The Hall–Kier alpha value is -5.15. The van der Waals surface area contributed by atoms with Gasteiger partial charge in [-0.05, 0) is 55.0 Å². The van der Waals surface area contributed by atoms with Crippen LogP contribution in [0.2, 0.25) is 0 Å². The number of carboxylic acid groups (broad SMARTS) is 3. The number of anilines is 1. The van der Waals surface area contributed by atoms with E-state index in [-0.39, 0.29) is 45.0 Å². The second kappa shape index (κ2) is 10.9. The zero-order valence-electron chi connectivity index (χ0n) is 19.2. The molecule has 6 N–H and O–H groups in total. The molecule has 3 aromatic rings. The van der Waals surface area contributed by atoms with Gasteiger partial charge in [0, 0.05) is 5.56 Å². The Balaban J connectivity index is 2.13. The van der Waals surface area contributed by atoms with E-state index >= 15 is 0 Å². The van der Waals surface area contributed by atoms with Gasteiger partial charge in [0.1, 0.15) is 11.4 Å². The number of aromatic carboxylic acids is 3. The van der Waals surface area contributed by atoms with E-state index in [1.807, 2.05) is 0 Å². The summed E-state index contributed by atoms with van der Waals surface area (Å²) in [6.07, 6.45) is 0. The summed E-state index contributed by atoms with van der Waals surface area (Å²) < 4.78 is 32.5. The third kappa shape index (κ3) is 6.34. The Morgan fingerprint density at radius 2 is 1.39 bits per heavy atom. The molecule has 0 aromatic heterocycles. The van der Waals surface area contributed by atoms with Gasteiger partial charge in [0.25, 0.3) is 10.1 Å². The first-order chi connectivity index (χ1) is 17.8. The van der Waals surface area contributed by atoms with E-state index in [1.165, 1.54) is 31.2 Å².